The first kappa shape index (κ1) is 26.4. The van der Waals surface area contributed by atoms with Crippen LogP contribution in [0.2, 0.25) is 0 Å². The molecule has 0 saturated heterocycles. The molecular formula is C39H34N2S. The number of rotatable bonds is 4. The molecule has 0 atom stereocenters. The third kappa shape index (κ3) is 4.55. The highest BCUT2D eigenvalue weighted by atomic mass is 32.1. The SMILES string of the molecule is Cc1cccc(C)c1-c1ccc2c(-c3nc4ccccc4n3-c3ccc(-c4ccc(C(C)(C)C)cc4)cc3)csc2c1. The Hall–Kier alpha value is -4.47. The van der Waals surface area contributed by atoms with Crippen LogP contribution in [-0.4, -0.2) is 9.55 Å². The quantitative estimate of drug-likeness (QED) is 0.209. The van der Waals surface area contributed by atoms with Gasteiger partial charge in [0.1, 0.15) is 5.82 Å². The largest absolute Gasteiger partial charge is 0.292 e. The molecule has 0 aliphatic heterocycles. The second kappa shape index (κ2) is 10.1. The van der Waals surface area contributed by atoms with Gasteiger partial charge in [0.05, 0.1) is 11.0 Å². The van der Waals surface area contributed by atoms with Crippen molar-refractivity contribution < 1.29 is 0 Å². The Bertz CT molecular complexity index is 2050. The average molecular weight is 563 g/mol. The molecule has 0 bridgehead atoms. The first-order valence-electron chi connectivity index (χ1n) is 14.5. The zero-order valence-corrected chi connectivity index (χ0v) is 25.6. The summed E-state index contributed by atoms with van der Waals surface area (Å²) >= 11 is 1.79. The van der Waals surface area contributed by atoms with Gasteiger partial charge in [0.15, 0.2) is 0 Å². The smallest absolute Gasteiger partial charge is 0.147 e. The van der Waals surface area contributed by atoms with Gasteiger partial charge in [-0.05, 0) is 88.5 Å². The van der Waals surface area contributed by atoms with Gasteiger partial charge in [-0.25, -0.2) is 4.98 Å². The van der Waals surface area contributed by atoms with Gasteiger partial charge in [0.25, 0.3) is 0 Å². The average Bonchev–Trinajstić information content (AvgIpc) is 3.58. The molecule has 0 amide bonds. The summed E-state index contributed by atoms with van der Waals surface area (Å²) in [5, 5.41) is 3.50. The van der Waals surface area contributed by atoms with Gasteiger partial charge in [-0.15, -0.1) is 11.3 Å². The zero-order chi connectivity index (χ0) is 29.0. The Morgan fingerprint density at radius 2 is 1.31 bits per heavy atom. The van der Waals surface area contributed by atoms with E-state index in [1.165, 1.54) is 54.6 Å². The molecule has 0 radical (unpaired) electrons. The number of aromatic nitrogens is 2. The normalized spacial score (nSPS) is 11.9. The molecule has 0 fully saturated rings. The van der Waals surface area contributed by atoms with Crippen molar-refractivity contribution in [3.8, 4) is 39.3 Å². The third-order valence-electron chi connectivity index (χ3n) is 8.36. The minimum absolute atomic E-state index is 0.147. The van der Waals surface area contributed by atoms with Gasteiger partial charge in [0.2, 0.25) is 0 Å². The van der Waals surface area contributed by atoms with Crippen molar-refractivity contribution in [3.05, 3.63) is 131 Å². The number of fused-ring (bicyclic) bond motifs is 2. The van der Waals surface area contributed by atoms with E-state index >= 15 is 0 Å². The Labute approximate surface area is 251 Å². The summed E-state index contributed by atoms with van der Waals surface area (Å²) in [5.41, 5.74) is 13.5. The molecule has 3 heteroatoms. The number of para-hydroxylation sites is 2. The molecule has 2 heterocycles. The summed E-state index contributed by atoms with van der Waals surface area (Å²) < 4.78 is 3.58. The van der Waals surface area contributed by atoms with Gasteiger partial charge < -0.3 is 0 Å². The zero-order valence-electron chi connectivity index (χ0n) is 24.8. The summed E-state index contributed by atoms with van der Waals surface area (Å²) in [6, 6.07) is 39.7. The van der Waals surface area contributed by atoms with Crippen LogP contribution in [0.4, 0.5) is 0 Å². The molecule has 0 aliphatic carbocycles. The predicted molar refractivity (Wildman–Crippen MR) is 181 cm³/mol. The van der Waals surface area contributed by atoms with Gasteiger partial charge in [-0.1, -0.05) is 99.6 Å². The van der Waals surface area contributed by atoms with Crippen molar-refractivity contribution in [3.63, 3.8) is 0 Å². The fraction of sp³-hybridized carbons (Fsp3) is 0.154. The van der Waals surface area contributed by atoms with E-state index in [0.29, 0.717) is 0 Å². The lowest BCUT2D eigenvalue weighted by atomic mass is 9.86. The van der Waals surface area contributed by atoms with Crippen molar-refractivity contribution in [1.82, 2.24) is 9.55 Å². The number of nitrogens with zero attached hydrogens (tertiary/aromatic N) is 2. The van der Waals surface area contributed by atoms with Gasteiger partial charge in [-0.3, -0.25) is 4.57 Å². The molecular weight excluding hydrogens is 529 g/mol. The first-order chi connectivity index (χ1) is 20.3. The molecule has 5 aromatic carbocycles. The van der Waals surface area contributed by atoms with E-state index in [0.717, 1.165) is 22.5 Å². The van der Waals surface area contributed by atoms with Crippen LogP contribution < -0.4 is 0 Å². The molecule has 2 aromatic heterocycles. The molecule has 42 heavy (non-hydrogen) atoms. The van der Waals surface area contributed by atoms with Crippen LogP contribution in [0.25, 0.3) is 60.4 Å². The van der Waals surface area contributed by atoms with Crippen molar-refractivity contribution in [2.24, 2.45) is 0 Å². The molecule has 7 aromatic rings. The van der Waals surface area contributed by atoms with E-state index in [9.17, 15) is 0 Å². The first-order valence-corrected chi connectivity index (χ1v) is 15.4. The highest BCUT2D eigenvalue weighted by Gasteiger charge is 2.19. The summed E-state index contributed by atoms with van der Waals surface area (Å²) in [6.07, 6.45) is 0. The van der Waals surface area contributed by atoms with Crippen LogP contribution in [0.5, 0.6) is 0 Å². The fourth-order valence-electron chi connectivity index (χ4n) is 6.06. The van der Waals surface area contributed by atoms with Crippen LogP contribution in [-0.2, 0) is 5.41 Å². The lowest BCUT2D eigenvalue weighted by molar-refractivity contribution is 0.590. The maximum absolute atomic E-state index is 5.17. The minimum atomic E-state index is 0.147. The maximum Gasteiger partial charge on any atom is 0.147 e. The topological polar surface area (TPSA) is 17.8 Å². The predicted octanol–water partition coefficient (Wildman–Crippen LogP) is 11.2. The lowest BCUT2D eigenvalue weighted by Crippen LogP contribution is -2.10. The van der Waals surface area contributed by atoms with Crippen molar-refractivity contribution in [2.45, 2.75) is 40.0 Å². The van der Waals surface area contributed by atoms with Crippen LogP contribution in [0.15, 0.2) is 115 Å². The van der Waals surface area contributed by atoms with Gasteiger partial charge in [-0.2, -0.15) is 0 Å². The van der Waals surface area contributed by atoms with E-state index in [2.05, 4.69) is 154 Å². The van der Waals surface area contributed by atoms with E-state index < -0.39 is 0 Å². The number of hydrogen-bond acceptors (Lipinski definition) is 2. The molecule has 0 N–H and O–H groups in total. The van der Waals surface area contributed by atoms with Crippen LogP contribution in [0, 0.1) is 13.8 Å². The summed E-state index contributed by atoms with van der Waals surface area (Å²) in [5.74, 6) is 0.976. The number of hydrogen-bond donors (Lipinski definition) is 0. The second-order valence-corrected chi connectivity index (χ2v) is 13.2. The van der Waals surface area contributed by atoms with Crippen LogP contribution >= 0.6 is 11.3 Å². The maximum atomic E-state index is 5.17. The standard InChI is InChI=1S/C39H34N2S/c1-25-9-8-10-26(2)37(25)29-17-22-32-33(24-42-36(32)23-29)38-40-34-11-6-7-12-35(34)41(38)31-20-15-28(16-21-31)27-13-18-30(19-14-27)39(3,4)5/h6-24H,1-5H3. The number of thiophene rings is 1. The van der Waals surface area contributed by atoms with E-state index in [4.69, 9.17) is 4.98 Å². The number of benzene rings is 5. The van der Waals surface area contributed by atoms with E-state index in [-0.39, 0.29) is 5.41 Å². The Balaban J connectivity index is 1.32. The third-order valence-corrected chi connectivity index (χ3v) is 9.30. The molecule has 0 unspecified atom stereocenters. The number of aryl methyl sites for hydroxylation is 2. The highest BCUT2D eigenvalue weighted by Crippen LogP contribution is 2.39. The van der Waals surface area contributed by atoms with Crippen LogP contribution in [0.1, 0.15) is 37.5 Å². The molecule has 0 saturated carbocycles. The van der Waals surface area contributed by atoms with Gasteiger partial charge >= 0.3 is 0 Å². The summed E-state index contributed by atoms with van der Waals surface area (Å²) in [4.78, 5) is 5.17. The van der Waals surface area contributed by atoms with E-state index in [1.54, 1.807) is 11.3 Å². The van der Waals surface area contributed by atoms with Crippen molar-refractivity contribution >= 4 is 32.5 Å². The van der Waals surface area contributed by atoms with Crippen LogP contribution in [0.3, 0.4) is 0 Å². The Morgan fingerprint density at radius 3 is 2.00 bits per heavy atom. The Morgan fingerprint density at radius 1 is 0.667 bits per heavy atom. The molecule has 7 rings (SSSR count). The highest BCUT2D eigenvalue weighted by molar-refractivity contribution is 7.17. The fourth-order valence-corrected chi connectivity index (χ4v) is 7.04. The van der Waals surface area contributed by atoms with Gasteiger partial charge in [0, 0.05) is 26.7 Å². The van der Waals surface area contributed by atoms with E-state index in [1.807, 2.05) is 0 Å². The van der Waals surface area contributed by atoms with Crippen molar-refractivity contribution in [2.75, 3.05) is 0 Å². The summed E-state index contributed by atoms with van der Waals surface area (Å²) in [6.45, 7) is 11.2. The lowest BCUT2D eigenvalue weighted by Gasteiger charge is -2.19. The van der Waals surface area contributed by atoms with Crippen molar-refractivity contribution in [1.29, 1.82) is 0 Å². The minimum Gasteiger partial charge on any atom is -0.292 e. The second-order valence-electron chi connectivity index (χ2n) is 12.3. The molecule has 206 valence electrons. The summed E-state index contributed by atoms with van der Waals surface area (Å²) in [7, 11) is 0. The molecule has 0 spiro atoms. The number of imidazole rings is 1. The monoisotopic (exact) mass is 562 g/mol. The molecule has 0 aliphatic rings. The Kier molecular flexibility index (Phi) is 6.36. The molecule has 2 nitrogen and oxygen atoms in total.